The summed E-state index contributed by atoms with van der Waals surface area (Å²) in [6.07, 6.45) is 1.72. The Morgan fingerprint density at radius 2 is 1.81 bits per heavy atom. The third kappa shape index (κ3) is 4.38. The van der Waals surface area contributed by atoms with Crippen molar-refractivity contribution in [3.63, 3.8) is 0 Å². The van der Waals surface area contributed by atoms with Crippen LogP contribution in [0, 0.1) is 10.1 Å². The predicted octanol–water partition coefficient (Wildman–Crippen LogP) is 2.69. The molecule has 8 nitrogen and oxygen atoms in total. The zero-order valence-corrected chi connectivity index (χ0v) is 15.6. The molecule has 0 N–H and O–H groups in total. The number of piperazine rings is 1. The highest BCUT2D eigenvalue weighted by molar-refractivity contribution is 7.09. The van der Waals surface area contributed by atoms with E-state index in [4.69, 9.17) is 0 Å². The highest BCUT2D eigenvalue weighted by Crippen LogP contribution is 2.19. The lowest BCUT2D eigenvalue weighted by Gasteiger charge is -2.34. The molecule has 1 saturated heterocycles. The summed E-state index contributed by atoms with van der Waals surface area (Å²) >= 11 is 1.81. The predicted molar refractivity (Wildman–Crippen MR) is 103 cm³/mol. The second kappa shape index (κ2) is 7.95. The van der Waals surface area contributed by atoms with E-state index < -0.39 is 4.92 Å². The van der Waals surface area contributed by atoms with Gasteiger partial charge in [-0.05, 0) is 23.6 Å². The Kier molecular flexibility index (Phi) is 5.23. The summed E-state index contributed by atoms with van der Waals surface area (Å²) in [6.45, 7) is 5.81. The molecule has 9 heteroatoms. The highest BCUT2D eigenvalue weighted by atomic mass is 32.1. The van der Waals surface area contributed by atoms with Crippen LogP contribution in [0.3, 0.4) is 0 Å². The maximum atomic E-state index is 10.7. The maximum absolute atomic E-state index is 10.7. The van der Waals surface area contributed by atoms with E-state index in [9.17, 15) is 10.1 Å². The van der Waals surface area contributed by atoms with Gasteiger partial charge in [-0.1, -0.05) is 6.07 Å². The number of nitro benzene ring substituents is 1. The van der Waals surface area contributed by atoms with Gasteiger partial charge in [0, 0.05) is 55.3 Å². The van der Waals surface area contributed by atoms with E-state index in [2.05, 4.69) is 37.4 Å². The average Bonchev–Trinajstić information content (AvgIpc) is 3.36. The van der Waals surface area contributed by atoms with E-state index >= 15 is 0 Å². The molecule has 1 aliphatic rings. The van der Waals surface area contributed by atoms with Crippen molar-refractivity contribution in [3.8, 4) is 11.4 Å². The monoisotopic (exact) mass is 384 g/mol. The molecule has 0 spiro atoms. The highest BCUT2D eigenvalue weighted by Gasteiger charge is 2.18. The first-order chi connectivity index (χ1) is 13.2. The van der Waals surface area contributed by atoms with Crippen LogP contribution in [0.15, 0.2) is 48.1 Å². The van der Waals surface area contributed by atoms with Gasteiger partial charge in [-0.25, -0.2) is 9.67 Å². The van der Waals surface area contributed by atoms with Gasteiger partial charge in [-0.3, -0.25) is 19.9 Å². The van der Waals surface area contributed by atoms with Crippen LogP contribution in [0.1, 0.15) is 4.88 Å². The lowest BCUT2D eigenvalue weighted by atomic mass is 10.2. The first-order valence-corrected chi connectivity index (χ1v) is 9.67. The summed E-state index contributed by atoms with van der Waals surface area (Å²) in [5, 5.41) is 17.4. The molecule has 0 radical (unpaired) electrons. The van der Waals surface area contributed by atoms with Crippen molar-refractivity contribution >= 4 is 17.0 Å². The Morgan fingerprint density at radius 1 is 1.07 bits per heavy atom. The summed E-state index contributed by atoms with van der Waals surface area (Å²) in [7, 11) is 0. The molecule has 0 saturated carbocycles. The van der Waals surface area contributed by atoms with E-state index in [1.165, 1.54) is 17.0 Å². The van der Waals surface area contributed by atoms with E-state index in [0.717, 1.165) is 38.3 Å². The Bertz CT molecular complexity index is 885. The molecule has 27 heavy (non-hydrogen) atoms. The smallest absolute Gasteiger partial charge is 0.269 e. The average molecular weight is 384 g/mol. The molecule has 4 rings (SSSR count). The van der Waals surface area contributed by atoms with Crippen molar-refractivity contribution in [2.75, 3.05) is 26.2 Å². The third-order valence-electron chi connectivity index (χ3n) is 4.64. The molecule has 0 bridgehead atoms. The van der Waals surface area contributed by atoms with Crippen LogP contribution in [-0.4, -0.2) is 55.7 Å². The summed E-state index contributed by atoms with van der Waals surface area (Å²) < 4.78 is 1.83. The van der Waals surface area contributed by atoms with Gasteiger partial charge in [-0.15, -0.1) is 16.4 Å². The number of nitro groups is 1. The van der Waals surface area contributed by atoms with Crippen molar-refractivity contribution in [2.24, 2.45) is 0 Å². The quantitative estimate of drug-likeness (QED) is 0.480. The Morgan fingerprint density at radius 3 is 2.48 bits per heavy atom. The summed E-state index contributed by atoms with van der Waals surface area (Å²) in [4.78, 5) is 20.9. The summed E-state index contributed by atoms with van der Waals surface area (Å²) in [6, 6.07) is 10.6. The molecular formula is C18H20N6O2S. The van der Waals surface area contributed by atoms with E-state index in [0.29, 0.717) is 12.5 Å². The Labute approximate surface area is 160 Å². The fourth-order valence-corrected chi connectivity index (χ4v) is 3.89. The molecular weight excluding hydrogens is 364 g/mol. The van der Waals surface area contributed by atoms with Crippen molar-refractivity contribution in [3.05, 3.63) is 63.1 Å². The molecule has 1 aliphatic heterocycles. The van der Waals surface area contributed by atoms with Crippen LogP contribution in [0.25, 0.3) is 11.4 Å². The molecule has 1 aromatic carbocycles. The SMILES string of the molecule is O=[N+]([O-])c1ccc(-c2ncn(CN3CCN(Cc4cccs4)CC3)n2)cc1. The van der Waals surface area contributed by atoms with Gasteiger partial charge in [0.25, 0.3) is 5.69 Å². The normalized spacial score (nSPS) is 15.9. The molecule has 140 valence electrons. The van der Waals surface area contributed by atoms with Crippen LogP contribution in [0.5, 0.6) is 0 Å². The van der Waals surface area contributed by atoms with Crippen molar-refractivity contribution in [2.45, 2.75) is 13.2 Å². The lowest BCUT2D eigenvalue weighted by Crippen LogP contribution is -2.46. The first-order valence-electron chi connectivity index (χ1n) is 8.79. The van der Waals surface area contributed by atoms with Crippen LogP contribution >= 0.6 is 11.3 Å². The molecule has 0 aliphatic carbocycles. The van der Waals surface area contributed by atoms with Crippen LogP contribution in [0.4, 0.5) is 5.69 Å². The van der Waals surface area contributed by atoms with Crippen molar-refractivity contribution in [1.29, 1.82) is 0 Å². The standard InChI is InChI=1S/C18H20N6O2S/c25-24(26)16-5-3-15(4-6-16)18-19-13-23(20-18)14-22-9-7-21(8-10-22)12-17-2-1-11-27-17/h1-6,11,13H,7-10,12,14H2. The number of hydrogen-bond acceptors (Lipinski definition) is 7. The van der Waals surface area contributed by atoms with Crippen LogP contribution in [0.2, 0.25) is 0 Å². The minimum absolute atomic E-state index is 0.0681. The largest absolute Gasteiger partial charge is 0.296 e. The zero-order chi connectivity index (χ0) is 18.6. The van der Waals surface area contributed by atoms with Crippen molar-refractivity contribution in [1.82, 2.24) is 24.6 Å². The topological polar surface area (TPSA) is 80.3 Å². The molecule has 3 aromatic rings. The zero-order valence-electron chi connectivity index (χ0n) is 14.8. The summed E-state index contributed by atoms with van der Waals surface area (Å²) in [5.41, 5.74) is 0.846. The lowest BCUT2D eigenvalue weighted by molar-refractivity contribution is -0.384. The second-order valence-corrected chi connectivity index (χ2v) is 7.56. The molecule has 0 unspecified atom stereocenters. The molecule has 0 amide bonds. The van der Waals surface area contributed by atoms with Gasteiger partial charge in [0.05, 0.1) is 11.6 Å². The van der Waals surface area contributed by atoms with Gasteiger partial charge < -0.3 is 0 Å². The first kappa shape index (κ1) is 17.8. The molecule has 3 heterocycles. The third-order valence-corrected chi connectivity index (χ3v) is 5.50. The van der Waals surface area contributed by atoms with Gasteiger partial charge in [0.1, 0.15) is 6.33 Å². The van der Waals surface area contributed by atoms with E-state index in [1.54, 1.807) is 18.5 Å². The molecule has 0 atom stereocenters. The van der Waals surface area contributed by atoms with Crippen molar-refractivity contribution < 1.29 is 4.92 Å². The number of benzene rings is 1. The van der Waals surface area contributed by atoms with Gasteiger partial charge >= 0.3 is 0 Å². The van der Waals surface area contributed by atoms with Crippen LogP contribution < -0.4 is 0 Å². The van der Waals surface area contributed by atoms with Gasteiger partial charge in [0.2, 0.25) is 0 Å². The Hall–Kier alpha value is -2.62. The van der Waals surface area contributed by atoms with E-state index in [1.807, 2.05) is 16.0 Å². The summed E-state index contributed by atoms with van der Waals surface area (Å²) in [5.74, 6) is 0.584. The number of rotatable bonds is 6. The number of thiophene rings is 1. The molecule has 2 aromatic heterocycles. The van der Waals surface area contributed by atoms with Crippen LogP contribution in [-0.2, 0) is 13.2 Å². The number of aromatic nitrogens is 3. The Balaban J connectivity index is 1.31. The number of non-ortho nitro benzene ring substituents is 1. The fraction of sp³-hybridized carbons (Fsp3) is 0.333. The molecule has 1 fully saturated rings. The van der Waals surface area contributed by atoms with E-state index in [-0.39, 0.29) is 5.69 Å². The number of hydrogen-bond donors (Lipinski definition) is 0. The fourth-order valence-electron chi connectivity index (χ4n) is 3.14. The minimum atomic E-state index is -0.409. The maximum Gasteiger partial charge on any atom is 0.269 e. The minimum Gasteiger partial charge on any atom is -0.296 e. The number of nitrogens with zero attached hydrogens (tertiary/aromatic N) is 6. The van der Waals surface area contributed by atoms with Gasteiger partial charge in [-0.2, -0.15) is 0 Å². The second-order valence-electron chi connectivity index (χ2n) is 6.53. The van der Waals surface area contributed by atoms with Gasteiger partial charge in [0.15, 0.2) is 5.82 Å².